The van der Waals surface area contributed by atoms with E-state index in [4.69, 9.17) is 0 Å². The van der Waals surface area contributed by atoms with Gasteiger partial charge < -0.3 is 5.32 Å². The summed E-state index contributed by atoms with van der Waals surface area (Å²) >= 11 is 0. The molecule has 0 saturated heterocycles. The van der Waals surface area contributed by atoms with E-state index in [0.717, 1.165) is 45.8 Å². The van der Waals surface area contributed by atoms with E-state index in [9.17, 15) is 4.79 Å². The lowest BCUT2D eigenvalue weighted by molar-refractivity contribution is 0.102. The molecule has 0 fully saturated rings. The molecule has 0 bridgehead atoms. The molecule has 140 valence electrons. The number of hydrogen-bond donors (Lipinski definition) is 1. The number of para-hydroxylation sites is 1. The maximum absolute atomic E-state index is 12.9. The molecule has 1 N–H and O–H groups in total. The van der Waals surface area contributed by atoms with Crippen LogP contribution in [0.2, 0.25) is 0 Å². The number of fused-ring (bicyclic) bond motifs is 1. The van der Waals surface area contributed by atoms with Crippen molar-refractivity contribution in [2.75, 3.05) is 5.32 Å². The fourth-order valence-corrected chi connectivity index (χ4v) is 3.51. The summed E-state index contributed by atoms with van der Waals surface area (Å²) in [6.45, 7) is 5.94. The molecule has 0 aliphatic heterocycles. The van der Waals surface area contributed by atoms with Crippen LogP contribution >= 0.6 is 0 Å². The minimum absolute atomic E-state index is 0.179. The molecule has 5 nitrogen and oxygen atoms in total. The third kappa shape index (κ3) is 3.05. The van der Waals surface area contributed by atoms with Gasteiger partial charge in [0.2, 0.25) is 0 Å². The number of carbonyl (C=O) groups is 1. The van der Waals surface area contributed by atoms with Crippen LogP contribution in [0.3, 0.4) is 0 Å². The summed E-state index contributed by atoms with van der Waals surface area (Å²) in [6.07, 6.45) is 2.49. The summed E-state index contributed by atoms with van der Waals surface area (Å²) in [7, 11) is 0. The Morgan fingerprint density at radius 3 is 2.50 bits per heavy atom. The molecule has 5 heteroatoms. The summed E-state index contributed by atoms with van der Waals surface area (Å²) in [5.41, 5.74) is 6.91. The van der Waals surface area contributed by atoms with E-state index in [0.29, 0.717) is 5.56 Å². The maximum atomic E-state index is 12.9. The van der Waals surface area contributed by atoms with Gasteiger partial charge in [0.1, 0.15) is 0 Å². The lowest BCUT2D eigenvalue weighted by Crippen LogP contribution is -2.17. The van der Waals surface area contributed by atoms with Gasteiger partial charge in [-0.2, -0.15) is 5.10 Å². The van der Waals surface area contributed by atoms with Gasteiger partial charge in [0.05, 0.1) is 17.0 Å². The second kappa shape index (κ2) is 7.27. The summed E-state index contributed by atoms with van der Waals surface area (Å²) in [4.78, 5) is 17.5. The van der Waals surface area contributed by atoms with Crippen molar-refractivity contribution in [1.29, 1.82) is 0 Å². The van der Waals surface area contributed by atoms with Crippen LogP contribution in [0, 0.1) is 13.8 Å². The Balaban J connectivity index is 1.76. The molecule has 0 unspecified atom stereocenters. The highest BCUT2D eigenvalue weighted by Gasteiger charge is 2.19. The molecule has 0 atom stereocenters. The van der Waals surface area contributed by atoms with E-state index in [1.165, 1.54) is 0 Å². The van der Waals surface area contributed by atoms with Crippen LogP contribution in [-0.4, -0.2) is 20.5 Å². The number of aryl methyl sites for hydroxylation is 3. The molecular weight excluding hydrogens is 348 g/mol. The second-order valence-electron chi connectivity index (χ2n) is 6.78. The second-order valence-corrected chi connectivity index (χ2v) is 6.78. The molecule has 0 spiro atoms. The highest BCUT2D eigenvalue weighted by molar-refractivity contribution is 6.05. The van der Waals surface area contributed by atoms with Gasteiger partial charge in [0.25, 0.3) is 5.91 Å². The van der Waals surface area contributed by atoms with Crippen LogP contribution in [0.4, 0.5) is 5.69 Å². The van der Waals surface area contributed by atoms with Gasteiger partial charge in [0.15, 0.2) is 5.65 Å². The number of aromatic nitrogens is 3. The van der Waals surface area contributed by atoms with Crippen molar-refractivity contribution in [3.63, 3.8) is 0 Å². The quantitative estimate of drug-likeness (QED) is 0.560. The highest BCUT2D eigenvalue weighted by atomic mass is 16.1. The van der Waals surface area contributed by atoms with Crippen molar-refractivity contribution in [3.8, 4) is 11.1 Å². The van der Waals surface area contributed by atoms with Gasteiger partial charge in [-0.1, -0.05) is 55.5 Å². The minimum Gasteiger partial charge on any atom is -0.322 e. The van der Waals surface area contributed by atoms with Crippen molar-refractivity contribution in [1.82, 2.24) is 14.6 Å². The molecule has 28 heavy (non-hydrogen) atoms. The summed E-state index contributed by atoms with van der Waals surface area (Å²) in [5, 5.41) is 7.66. The first-order valence-electron chi connectivity index (χ1n) is 9.39. The molecule has 0 aliphatic rings. The molecule has 4 rings (SSSR count). The first-order chi connectivity index (χ1) is 13.6. The van der Waals surface area contributed by atoms with Crippen molar-refractivity contribution in [2.24, 2.45) is 0 Å². The SMILES string of the molecule is CCc1ccccc1NC(=O)c1cnc2c(-c3ccccc3)c(C)nn2c1C. The number of benzene rings is 2. The Kier molecular flexibility index (Phi) is 4.65. The number of nitrogens with zero attached hydrogens (tertiary/aromatic N) is 3. The standard InChI is InChI=1S/C23H22N4O/c1-4-17-10-8-9-13-20(17)25-23(28)19-14-24-22-21(18-11-6-5-7-12-18)15(2)26-27(22)16(19)3/h5-14H,4H2,1-3H3,(H,25,28). The third-order valence-corrected chi connectivity index (χ3v) is 5.01. The van der Waals surface area contributed by atoms with Crippen molar-refractivity contribution < 1.29 is 4.79 Å². The smallest absolute Gasteiger partial charge is 0.259 e. The van der Waals surface area contributed by atoms with Gasteiger partial charge in [-0.05, 0) is 37.5 Å². The van der Waals surface area contributed by atoms with Crippen LogP contribution < -0.4 is 5.32 Å². The predicted molar refractivity (Wildman–Crippen MR) is 112 cm³/mol. The number of carbonyl (C=O) groups excluding carboxylic acids is 1. The average Bonchev–Trinajstić information content (AvgIpc) is 3.06. The summed E-state index contributed by atoms with van der Waals surface area (Å²) < 4.78 is 1.76. The van der Waals surface area contributed by atoms with Crippen LogP contribution in [0.25, 0.3) is 16.8 Å². The normalized spacial score (nSPS) is 11.0. The van der Waals surface area contributed by atoms with E-state index in [2.05, 4.69) is 22.3 Å². The zero-order valence-electron chi connectivity index (χ0n) is 16.2. The zero-order chi connectivity index (χ0) is 19.7. The fraction of sp³-hybridized carbons (Fsp3) is 0.174. The fourth-order valence-electron chi connectivity index (χ4n) is 3.51. The maximum Gasteiger partial charge on any atom is 0.259 e. The van der Waals surface area contributed by atoms with E-state index >= 15 is 0 Å². The highest BCUT2D eigenvalue weighted by Crippen LogP contribution is 2.28. The molecule has 0 aliphatic carbocycles. The summed E-state index contributed by atoms with van der Waals surface area (Å²) in [5.74, 6) is -0.179. The first-order valence-corrected chi connectivity index (χ1v) is 9.39. The Bertz CT molecular complexity index is 1160. The Morgan fingerprint density at radius 1 is 1.04 bits per heavy atom. The minimum atomic E-state index is -0.179. The zero-order valence-corrected chi connectivity index (χ0v) is 16.2. The topological polar surface area (TPSA) is 59.3 Å². The van der Waals surface area contributed by atoms with Crippen LogP contribution in [0.15, 0.2) is 60.8 Å². The predicted octanol–water partition coefficient (Wildman–Crippen LogP) is 4.83. The molecule has 0 saturated carbocycles. The molecule has 2 aromatic heterocycles. The van der Waals surface area contributed by atoms with Crippen LogP contribution in [-0.2, 0) is 6.42 Å². The van der Waals surface area contributed by atoms with E-state index in [1.807, 2.05) is 68.4 Å². The molecule has 0 radical (unpaired) electrons. The number of nitrogens with one attached hydrogen (secondary N) is 1. The molecule has 2 heterocycles. The largest absolute Gasteiger partial charge is 0.322 e. The van der Waals surface area contributed by atoms with Gasteiger partial charge >= 0.3 is 0 Å². The van der Waals surface area contributed by atoms with E-state index in [-0.39, 0.29) is 5.91 Å². The summed E-state index contributed by atoms with van der Waals surface area (Å²) in [6, 6.07) is 17.9. The molecule has 4 aromatic rings. The number of hydrogen-bond acceptors (Lipinski definition) is 3. The van der Waals surface area contributed by atoms with Crippen LogP contribution in [0.5, 0.6) is 0 Å². The van der Waals surface area contributed by atoms with Crippen molar-refractivity contribution in [2.45, 2.75) is 27.2 Å². The number of rotatable bonds is 4. The van der Waals surface area contributed by atoms with Gasteiger partial charge in [-0.15, -0.1) is 0 Å². The molecular formula is C23H22N4O. The third-order valence-electron chi connectivity index (χ3n) is 5.01. The molecule has 1 amide bonds. The van der Waals surface area contributed by atoms with Crippen LogP contribution in [0.1, 0.15) is 34.2 Å². The Hall–Kier alpha value is -3.47. The average molecular weight is 370 g/mol. The van der Waals surface area contributed by atoms with Gasteiger partial charge in [-0.25, -0.2) is 9.50 Å². The number of anilines is 1. The Morgan fingerprint density at radius 2 is 1.75 bits per heavy atom. The van der Waals surface area contributed by atoms with Crippen molar-refractivity contribution in [3.05, 3.63) is 83.3 Å². The van der Waals surface area contributed by atoms with Gasteiger partial charge in [0, 0.05) is 17.4 Å². The monoisotopic (exact) mass is 370 g/mol. The van der Waals surface area contributed by atoms with E-state index < -0.39 is 0 Å². The van der Waals surface area contributed by atoms with Gasteiger partial charge in [-0.3, -0.25) is 4.79 Å². The van der Waals surface area contributed by atoms with E-state index in [1.54, 1.807) is 10.7 Å². The number of amides is 1. The Labute approximate surface area is 164 Å². The lowest BCUT2D eigenvalue weighted by Gasteiger charge is -2.11. The molecule has 2 aromatic carbocycles. The van der Waals surface area contributed by atoms with Crippen molar-refractivity contribution >= 4 is 17.2 Å². The lowest BCUT2D eigenvalue weighted by atomic mass is 10.1. The first kappa shape index (κ1) is 17.9.